The minimum absolute atomic E-state index is 0.112. The lowest BCUT2D eigenvalue weighted by Crippen LogP contribution is -2.42. The predicted molar refractivity (Wildman–Crippen MR) is 109 cm³/mol. The molecule has 0 fully saturated rings. The zero-order valence-electron chi connectivity index (χ0n) is 16.1. The summed E-state index contributed by atoms with van der Waals surface area (Å²) in [6, 6.07) is 10.7. The van der Waals surface area contributed by atoms with Crippen molar-refractivity contribution < 1.29 is 28.2 Å². The SMILES string of the molecule is COc1ccc(C(=O)N[C@@H](CCSC)C(=O)OCC(=O)c2cccc(F)c2)cc1. The molecule has 0 unspecified atom stereocenters. The smallest absolute Gasteiger partial charge is 0.329 e. The summed E-state index contributed by atoms with van der Waals surface area (Å²) in [6.07, 6.45) is 2.22. The first-order valence-electron chi connectivity index (χ1n) is 8.84. The third kappa shape index (κ3) is 6.90. The summed E-state index contributed by atoms with van der Waals surface area (Å²) in [6.45, 7) is -0.531. The molecule has 2 aromatic carbocycles. The fourth-order valence-electron chi connectivity index (χ4n) is 2.45. The molecule has 2 rings (SSSR count). The van der Waals surface area contributed by atoms with Gasteiger partial charge < -0.3 is 14.8 Å². The van der Waals surface area contributed by atoms with E-state index in [1.807, 2.05) is 6.26 Å². The standard InChI is InChI=1S/C21H22FNO5S/c1-27-17-8-6-14(7-9-17)20(25)23-18(10-11-29-2)21(26)28-13-19(24)15-4-3-5-16(22)12-15/h3-9,12,18H,10-11,13H2,1-2H3,(H,23,25)/t18-/m0/s1. The maximum absolute atomic E-state index is 13.2. The molecule has 8 heteroatoms. The molecule has 6 nitrogen and oxygen atoms in total. The Morgan fingerprint density at radius 1 is 1.10 bits per heavy atom. The number of halogens is 1. The average molecular weight is 419 g/mol. The summed E-state index contributed by atoms with van der Waals surface area (Å²) in [7, 11) is 1.52. The number of hydrogen-bond donors (Lipinski definition) is 1. The van der Waals surface area contributed by atoms with Crippen LogP contribution < -0.4 is 10.1 Å². The molecule has 1 N–H and O–H groups in total. The highest BCUT2D eigenvalue weighted by molar-refractivity contribution is 7.98. The number of amides is 1. The zero-order chi connectivity index (χ0) is 21.2. The number of esters is 1. The van der Waals surface area contributed by atoms with Crippen molar-refractivity contribution in [2.75, 3.05) is 25.7 Å². The molecule has 0 heterocycles. The van der Waals surface area contributed by atoms with Gasteiger partial charge in [-0.1, -0.05) is 12.1 Å². The van der Waals surface area contributed by atoms with E-state index in [2.05, 4.69) is 5.32 Å². The minimum atomic E-state index is -0.905. The average Bonchev–Trinajstić information content (AvgIpc) is 2.74. The molecule has 1 atom stereocenters. The third-order valence-electron chi connectivity index (χ3n) is 4.04. The molecule has 1 amide bonds. The van der Waals surface area contributed by atoms with Crippen LogP contribution in [0, 0.1) is 5.82 Å². The van der Waals surface area contributed by atoms with Crippen LogP contribution in [0.3, 0.4) is 0 Å². The van der Waals surface area contributed by atoms with Crippen molar-refractivity contribution in [3.8, 4) is 5.75 Å². The van der Waals surface area contributed by atoms with Gasteiger partial charge in [-0.3, -0.25) is 9.59 Å². The van der Waals surface area contributed by atoms with Crippen molar-refractivity contribution >= 4 is 29.4 Å². The molecule has 0 radical (unpaired) electrons. The highest BCUT2D eigenvalue weighted by Gasteiger charge is 2.23. The fraction of sp³-hybridized carbons (Fsp3) is 0.286. The van der Waals surface area contributed by atoms with Crippen LogP contribution in [0.5, 0.6) is 5.75 Å². The monoisotopic (exact) mass is 419 g/mol. The number of nitrogens with one attached hydrogen (secondary N) is 1. The van der Waals surface area contributed by atoms with Gasteiger partial charge in [0.25, 0.3) is 5.91 Å². The number of benzene rings is 2. The van der Waals surface area contributed by atoms with Gasteiger partial charge in [-0.2, -0.15) is 11.8 Å². The maximum Gasteiger partial charge on any atom is 0.329 e. The lowest BCUT2D eigenvalue weighted by atomic mass is 10.1. The number of Topliss-reactive ketones (excluding diaryl/α,β-unsaturated/α-hetero) is 1. The van der Waals surface area contributed by atoms with Crippen LogP contribution in [-0.4, -0.2) is 49.4 Å². The number of ketones is 1. The van der Waals surface area contributed by atoms with Gasteiger partial charge in [-0.05, 0) is 54.8 Å². The first-order chi connectivity index (χ1) is 13.9. The number of rotatable bonds is 10. The topological polar surface area (TPSA) is 81.7 Å². The maximum atomic E-state index is 13.2. The lowest BCUT2D eigenvalue weighted by molar-refractivity contribution is -0.144. The first-order valence-corrected chi connectivity index (χ1v) is 10.2. The van der Waals surface area contributed by atoms with Gasteiger partial charge in [0.2, 0.25) is 0 Å². The highest BCUT2D eigenvalue weighted by atomic mass is 32.2. The van der Waals surface area contributed by atoms with Gasteiger partial charge in [-0.25, -0.2) is 9.18 Å². The van der Waals surface area contributed by atoms with E-state index < -0.39 is 36.1 Å². The second-order valence-electron chi connectivity index (χ2n) is 6.08. The van der Waals surface area contributed by atoms with Gasteiger partial charge in [0.1, 0.15) is 17.6 Å². The Morgan fingerprint density at radius 3 is 2.45 bits per heavy atom. The molecule has 0 spiro atoms. The summed E-state index contributed by atoms with van der Waals surface area (Å²) in [5.74, 6) is -1.01. The molecule has 0 aliphatic carbocycles. The van der Waals surface area contributed by atoms with E-state index in [4.69, 9.17) is 9.47 Å². The summed E-state index contributed by atoms with van der Waals surface area (Å²) in [5.41, 5.74) is 0.476. The van der Waals surface area contributed by atoms with Crippen molar-refractivity contribution in [2.45, 2.75) is 12.5 Å². The van der Waals surface area contributed by atoms with Crippen LogP contribution in [0.15, 0.2) is 48.5 Å². The fourth-order valence-corrected chi connectivity index (χ4v) is 2.92. The van der Waals surface area contributed by atoms with Gasteiger partial charge in [0, 0.05) is 11.1 Å². The molecule has 0 aliphatic heterocycles. The van der Waals surface area contributed by atoms with Gasteiger partial charge in [0.15, 0.2) is 12.4 Å². The van der Waals surface area contributed by atoms with E-state index in [1.165, 1.54) is 37.1 Å². The van der Waals surface area contributed by atoms with Gasteiger partial charge in [-0.15, -0.1) is 0 Å². The van der Waals surface area contributed by atoms with E-state index in [0.717, 1.165) is 6.07 Å². The van der Waals surface area contributed by atoms with Crippen molar-refractivity contribution in [2.24, 2.45) is 0 Å². The summed E-state index contributed by atoms with van der Waals surface area (Å²) < 4.78 is 23.4. The van der Waals surface area contributed by atoms with Crippen molar-refractivity contribution in [3.05, 3.63) is 65.5 Å². The van der Waals surface area contributed by atoms with E-state index in [0.29, 0.717) is 23.5 Å². The van der Waals surface area contributed by atoms with E-state index in [9.17, 15) is 18.8 Å². The molecule has 0 bridgehead atoms. The van der Waals surface area contributed by atoms with Crippen molar-refractivity contribution in [3.63, 3.8) is 0 Å². The predicted octanol–water partition coefficient (Wildman–Crippen LogP) is 3.11. The highest BCUT2D eigenvalue weighted by Crippen LogP contribution is 2.12. The van der Waals surface area contributed by atoms with Crippen LogP contribution in [0.25, 0.3) is 0 Å². The first kappa shape index (κ1) is 22.4. The molecule has 0 aromatic heterocycles. The Hall–Kier alpha value is -2.87. The Morgan fingerprint density at radius 2 is 1.83 bits per heavy atom. The molecule has 29 heavy (non-hydrogen) atoms. The zero-order valence-corrected chi connectivity index (χ0v) is 17.0. The summed E-state index contributed by atoms with van der Waals surface area (Å²) in [4.78, 5) is 37.0. The Labute approximate surface area is 172 Å². The van der Waals surface area contributed by atoms with Gasteiger partial charge >= 0.3 is 5.97 Å². The molecule has 0 saturated carbocycles. The van der Waals surface area contributed by atoms with Crippen LogP contribution in [0.2, 0.25) is 0 Å². The van der Waals surface area contributed by atoms with Crippen LogP contribution in [0.4, 0.5) is 4.39 Å². The Bertz CT molecular complexity index is 856. The number of hydrogen-bond acceptors (Lipinski definition) is 6. The molecule has 0 saturated heterocycles. The number of ether oxygens (including phenoxy) is 2. The molecule has 2 aromatic rings. The minimum Gasteiger partial charge on any atom is -0.497 e. The number of carbonyl (C=O) groups excluding carboxylic acids is 3. The normalized spacial score (nSPS) is 11.4. The number of carbonyl (C=O) groups is 3. The molecular formula is C21H22FNO5S. The largest absolute Gasteiger partial charge is 0.497 e. The molecule has 154 valence electrons. The summed E-state index contributed by atoms with van der Waals surface area (Å²) in [5, 5.41) is 2.64. The third-order valence-corrected chi connectivity index (χ3v) is 4.69. The Balaban J connectivity index is 1.99. The lowest BCUT2D eigenvalue weighted by Gasteiger charge is -2.17. The van der Waals surface area contributed by atoms with E-state index >= 15 is 0 Å². The quantitative estimate of drug-likeness (QED) is 0.471. The van der Waals surface area contributed by atoms with Crippen LogP contribution in [0.1, 0.15) is 27.1 Å². The second kappa shape index (κ2) is 11.2. The number of thioether (sulfide) groups is 1. The van der Waals surface area contributed by atoms with Gasteiger partial charge in [0.05, 0.1) is 7.11 Å². The second-order valence-corrected chi connectivity index (χ2v) is 7.06. The molecular weight excluding hydrogens is 397 g/mol. The summed E-state index contributed by atoms with van der Waals surface area (Å²) >= 11 is 1.51. The van der Waals surface area contributed by atoms with Crippen LogP contribution >= 0.6 is 11.8 Å². The van der Waals surface area contributed by atoms with Crippen molar-refractivity contribution in [1.29, 1.82) is 0 Å². The Kier molecular flexibility index (Phi) is 8.67. The van der Waals surface area contributed by atoms with E-state index in [-0.39, 0.29) is 5.56 Å². The number of methoxy groups -OCH3 is 1. The van der Waals surface area contributed by atoms with E-state index in [1.54, 1.807) is 24.3 Å². The molecule has 0 aliphatic rings. The van der Waals surface area contributed by atoms with Crippen LogP contribution in [-0.2, 0) is 9.53 Å². The van der Waals surface area contributed by atoms with Crippen molar-refractivity contribution in [1.82, 2.24) is 5.32 Å².